The number of fused-ring (bicyclic) bond motifs is 9. The molecule has 0 saturated heterocycles. The van der Waals surface area contributed by atoms with Crippen molar-refractivity contribution >= 4 is 65.2 Å². The van der Waals surface area contributed by atoms with Crippen LogP contribution in [0.25, 0.3) is 99.6 Å². The van der Waals surface area contributed by atoms with E-state index in [9.17, 15) is 0 Å². The van der Waals surface area contributed by atoms with Crippen LogP contribution in [0.5, 0.6) is 0 Å². The molecule has 52 heavy (non-hydrogen) atoms. The Bertz CT molecular complexity index is 3540. The van der Waals surface area contributed by atoms with Gasteiger partial charge in [0.25, 0.3) is 0 Å². The molecule has 0 atom stereocenters. The van der Waals surface area contributed by atoms with Crippen LogP contribution in [0.4, 0.5) is 0 Å². The highest BCUT2D eigenvalue weighted by Gasteiger charge is 2.21. The molecule has 0 aliphatic carbocycles. The van der Waals surface area contributed by atoms with E-state index >= 15 is 0 Å². The van der Waals surface area contributed by atoms with E-state index < -0.39 is 48.3 Å². The van der Waals surface area contributed by atoms with Gasteiger partial charge in [-0.2, -0.15) is 9.97 Å². The lowest BCUT2D eigenvalue weighted by Gasteiger charge is -2.15. The molecule has 0 aliphatic rings. The van der Waals surface area contributed by atoms with Gasteiger partial charge in [0, 0.05) is 32.7 Å². The van der Waals surface area contributed by atoms with Gasteiger partial charge in [-0.05, 0) is 64.0 Å². The van der Waals surface area contributed by atoms with Gasteiger partial charge in [-0.3, -0.25) is 4.57 Å². The van der Waals surface area contributed by atoms with Crippen LogP contribution < -0.4 is 0 Å². The summed E-state index contributed by atoms with van der Waals surface area (Å²) < 4.78 is 74.3. The number of benzene rings is 8. The molecule has 11 rings (SSSR count). The fraction of sp³-hybridized carbons (Fsp3) is 0. The van der Waals surface area contributed by atoms with Gasteiger partial charge in [-0.15, -0.1) is 0 Å². The molecule has 5 nitrogen and oxygen atoms in total. The molecular formula is C47H29N5. The minimum atomic E-state index is -0.528. The van der Waals surface area contributed by atoms with Gasteiger partial charge in [-0.1, -0.05) is 133 Å². The number of nitrogens with zero attached hydrogens (tertiary/aromatic N) is 5. The summed E-state index contributed by atoms with van der Waals surface area (Å²) in [6.07, 6.45) is 0. The van der Waals surface area contributed by atoms with E-state index in [1.54, 1.807) is 0 Å². The van der Waals surface area contributed by atoms with E-state index in [2.05, 4.69) is 47.0 Å². The first-order valence-electron chi connectivity index (χ1n) is 20.9. The third kappa shape index (κ3) is 4.26. The summed E-state index contributed by atoms with van der Waals surface area (Å²) in [5, 5.41) is 6.19. The number of rotatable bonds is 4. The molecule has 0 unspecified atom stereocenters. The van der Waals surface area contributed by atoms with Crippen molar-refractivity contribution in [3.05, 3.63) is 176 Å². The number of hydrogen-bond donors (Lipinski definition) is 0. The number of aromatic nitrogens is 5. The quantitative estimate of drug-likeness (QED) is 0.175. The lowest BCUT2D eigenvalue weighted by molar-refractivity contribution is 0.952. The Morgan fingerprint density at radius 1 is 0.404 bits per heavy atom. The van der Waals surface area contributed by atoms with E-state index in [0.717, 1.165) is 49.0 Å². The Morgan fingerprint density at radius 2 is 0.981 bits per heavy atom. The average Bonchev–Trinajstić information content (AvgIpc) is 3.83. The molecule has 242 valence electrons. The zero-order valence-electron chi connectivity index (χ0n) is 35.4. The average molecular weight is 672 g/mol. The van der Waals surface area contributed by atoms with Crippen molar-refractivity contribution in [3.63, 3.8) is 0 Å². The van der Waals surface area contributed by atoms with Gasteiger partial charge < -0.3 is 4.57 Å². The second kappa shape index (κ2) is 11.2. The molecule has 3 heterocycles. The van der Waals surface area contributed by atoms with Crippen LogP contribution in [0.2, 0.25) is 0 Å². The molecule has 0 N–H and O–H groups in total. The van der Waals surface area contributed by atoms with Crippen LogP contribution in [0.3, 0.4) is 0 Å². The van der Waals surface area contributed by atoms with Crippen LogP contribution in [0, 0.1) is 0 Å². The smallest absolute Gasteiger partial charge is 0.238 e. The molecule has 0 fully saturated rings. The fourth-order valence-corrected chi connectivity index (χ4v) is 7.53. The lowest BCUT2D eigenvalue weighted by Crippen LogP contribution is -2.07. The highest BCUT2D eigenvalue weighted by atomic mass is 15.2. The topological polar surface area (TPSA) is 48.5 Å². The molecular weight excluding hydrogens is 635 g/mol. The Kier molecular flexibility index (Phi) is 4.71. The van der Waals surface area contributed by atoms with Crippen molar-refractivity contribution in [2.75, 3.05) is 0 Å². The van der Waals surface area contributed by atoms with Crippen molar-refractivity contribution in [2.45, 2.75) is 0 Å². The summed E-state index contributed by atoms with van der Waals surface area (Å²) >= 11 is 0. The standard InChI is InChI=1S/C47H29N5/c1-2-14-33-30(13-1)25-26-31-29-32(27-28-34(31)33)45-48-46(50-47(49-45)52-42-22-10-5-17-37(42)38-18-6-11-23-43(38)52)39-19-7-12-24-44(39)51-40-20-8-3-15-35(40)36-16-4-9-21-41(36)51/h1-29H/i5D,6D,10D,11D,17D,18D,22D,23D. The van der Waals surface area contributed by atoms with E-state index in [-0.39, 0.29) is 39.4 Å². The number of hydrogen-bond acceptors (Lipinski definition) is 3. The minimum absolute atomic E-state index is 0.0604. The SMILES string of the molecule is [2H]c1c([2H])c([2H])c2c(c1[2H])c1c([2H])c([2H])c([2H])c([2H])c1n2-c1nc(-c2ccc3c(ccc4ccccc43)c2)nc(-c2ccccc2-n2c3ccccc3c3ccccc32)n1. The van der Waals surface area contributed by atoms with Crippen molar-refractivity contribution in [3.8, 4) is 34.4 Å². The van der Waals surface area contributed by atoms with Gasteiger partial charge in [0.05, 0.1) is 38.7 Å². The van der Waals surface area contributed by atoms with Gasteiger partial charge in [0.15, 0.2) is 11.6 Å². The zero-order valence-corrected chi connectivity index (χ0v) is 27.4. The zero-order chi connectivity index (χ0) is 41.1. The Hall–Kier alpha value is -7.11. The second-order valence-electron chi connectivity index (χ2n) is 12.7. The molecule has 5 heteroatoms. The molecule has 0 aliphatic heterocycles. The summed E-state index contributed by atoms with van der Waals surface area (Å²) in [6.45, 7) is 0. The molecule has 0 saturated carbocycles. The molecule has 8 aromatic carbocycles. The number of para-hydroxylation sites is 5. The second-order valence-corrected chi connectivity index (χ2v) is 12.7. The maximum Gasteiger partial charge on any atom is 0.238 e. The van der Waals surface area contributed by atoms with E-state index in [4.69, 9.17) is 25.9 Å². The summed E-state index contributed by atoms with van der Waals surface area (Å²) in [7, 11) is 0. The molecule has 0 spiro atoms. The molecule has 0 amide bonds. The van der Waals surface area contributed by atoms with Crippen LogP contribution >= 0.6 is 0 Å². The maximum atomic E-state index is 9.17. The third-order valence-corrected chi connectivity index (χ3v) is 9.83. The highest BCUT2D eigenvalue weighted by Crippen LogP contribution is 2.37. The monoisotopic (exact) mass is 671 g/mol. The maximum absolute atomic E-state index is 9.17. The summed E-state index contributed by atoms with van der Waals surface area (Å²) in [4.78, 5) is 15.2. The van der Waals surface area contributed by atoms with Crippen LogP contribution in [0.1, 0.15) is 11.0 Å². The first kappa shape index (κ1) is 21.9. The Morgan fingerprint density at radius 3 is 1.73 bits per heavy atom. The molecule has 0 bridgehead atoms. The van der Waals surface area contributed by atoms with E-state index in [0.29, 0.717) is 11.1 Å². The normalized spacial score (nSPS) is 14.0. The van der Waals surface area contributed by atoms with Crippen LogP contribution in [-0.4, -0.2) is 24.1 Å². The Balaban J connectivity index is 1.27. The summed E-state index contributed by atoms with van der Waals surface area (Å²) in [5.41, 5.74) is 3.83. The van der Waals surface area contributed by atoms with Crippen LogP contribution in [0.15, 0.2) is 176 Å². The van der Waals surface area contributed by atoms with Crippen molar-refractivity contribution in [1.82, 2.24) is 24.1 Å². The van der Waals surface area contributed by atoms with Crippen molar-refractivity contribution in [2.24, 2.45) is 0 Å². The van der Waals surface area contributed by atoms with Gasteiger partial charge in [0.2, 0.25) is 5.95 Å². The van der Waals surface area contributed by atoms with Gasteiger partial charge in [-0.25, -0.2) is 4.98 Å². The van der Waals surface area contributed by atoms with E-state index in [1.807, 2.05) is 84.9 Å². The highest BCUT2D eigenvalue weighted by molar-refractivity contribution is 6.11. The largest absolute Gasteiger partial charge is 0.309 e. The van der Waals surface area contributed by atoms with E-state index in [1.165, 1.54) is 4.57 Å². The Labute approximate surface area is 309 Å². The molecule has 11 aromatic rings. The predicted octanol–water partition coefficient (Wildman–Crippen LogP) is 11.7. The predicted molar refractivity (Wildman–Crippen MR) is 214 cm³/mol. The fourth-order valence-electron chi connectivity index (χ4n) is 7.53. The summed E-state index contributed by atoms with van der Waals surface area (Å²) in [5.74, 6) is 0.405. The van der Waals surface area contributed by atoms with Gasteiger partial charge >= 0.3 is 0 Å². The van der Waals surface area contributed by atoms with Crippen molar-refractivity contribution < 1.29 is 11.0 Å². The first-order chi connectivity index (χ1) is 29.1. The van der Waals surface area contributed by atoms with Crippen LogP contribution in [-0.2, 0) is 0 Å². The van der Waals surface area contributed by atoms with Crippen molar-refractivity contribution in [1.29, 1.82) is 0 Å². The summed E-state index contributed by atoms with van der Waals surface area (Å²) in [6, 6.07) is 38.4. The molecule has 3 aromatic heterocycles. The third-order valence-electron chi connectivity index (χ3n) is 9.83. The molecule has 0 radical (unpaired) electrons. The van der Waals surface area contributed by atoms with Gasteiger partial charge in [0.1, 0.15) is 0 Å². The minimum Gasteiger partial charge on any atom is -0.309 e. The first-order valence-corrected chi connectivity index (χ1v) is 16.9. The lowest BCUT2D eigenvalue weighted by atomic mass is 10.00.